The van der Waals surface area contributed by atoms with Crippen molar-refractivity contribution in [1.29, 1.82) is 0 Å². The normalized spacial score (nSPS) is 25.7. The average molecular weight is 442 g/mol. The molecule has 1 saturated carbocycles. The zero-order valence-corrected chi connectivity index (χ0v) is 20.1. The Kier molecular flexibility index (Phi) is 8.44. The lowest BCUT2D eigenvalue weighted by Crippen LogP contribution is -2.53. The van der Waals surface area contributed by atoms with Gasteiger partial charge in [0.25, 0.3) is 0 Å². The molecule has 0 aromatic heterocycles. The molecule has 0 spiro atoms. The standard InChI is InChI=1S/C26H43N5O/c1-3-27-25(29-23-13-16-31(19-23)24-11-7-8-12-24)28-20-26(14-17-32-18-15-26)30-21(2)22-9-5-4-6-10-22/h4-6,9-10,21,23-24,30H,3,7-8,11-20H2,1-2H3,(H2,27,28,29). The number of hydrogen-bond acceptors (Lipinski definition) is 4. The maximum atomic E-state index is 5.71. The van der Waals surface area contributed by atoms with Gasteiger partial charge >= 0.3 is 0 Å². The Bertz CT molecular complexity index is 712. The number of ether oxygens (including phenoxy) is 1. The van der Waals surface area contributed by atoms with Gasteiger partial charge in [0.1, 0.15) is 0 Å². The van der Waals surface area contributed by atoms with Gasteiger partial charge in [-0.2, -0.15) is 0 Å². The monoisotopic (exact) mass is 441 g/mol. The van der Waals surface area contributed by atoms with Gasteiger partial charge in [0.05, 0.1) is 6.54 Å². The smallest absolute Gasteiger partial charge is 0.191 e. The number of nitrogens with one attached hydrogen (secondary N) is 3. The fraction of sp³-hybridized carbons (Fsp3) is 0.731. The van der Waals surface area contributed by atoms with E-state index in [0.717, 1.165) is 57.7 Å². The Balaban J connectivity index is 1.38. The van der Waals surface area contributed by atoms with Crippen molar-refractivity contribution < 1.29 is 4.74 Å². The first-order valence-corrected chi connectivity index (χ1v) is 12.9. The van der Waals surface area contributed by atoms with Crippen molar-refractivity contribution in [2.75, 3.05) is 39.4 Å². The van der Waals surface area contributed by atoms with E-state index in [4.69, 9.17) is 9.73 Å². The van der Waals surface area contributed by atoms with E-state index in [1.807, 2.05) is 0 Å². The second-order valence-corrected chi connectivity index (χ2v) is 9.93. The Morgan fingerprint density at radius 1 is 1.16 bits per heavy atom. The van der Waals surface area contributed by atoms with Crippen LogP contribution in [-0.4, -0.2) is 67.9 Å². The predicted molar refractivity (Wildman–Crippen MR) is 132 cm³/mol. The maximum absolute atomic E-state index is 5.71. The summed E-state index contributed by atoms with van der Waals surface area (Å²) in [6.07, 6.45) is 8.78. The van der Waals surface area contributed by atoms with E-state index >= 15 is 0 Å². The summed E-state index contributed by atoms with van der Waals surface area (Å²) < 4.78 is 5.71. The number of guanidine groups is 1. The Morgan fingerprint density at radius 2 is 1.91 bits per heavy atom. The minimum atomic E-state index is -0.0264. The highest BCUT2D eigenvalue weighted by Crippen LogP contribution is 2.27. The number of rotatable bonds is 8. The summed E-state index contributed by atoms with van der Waals surface area (Å²) in [7, 11) is 0. The molecule has 2 saturated heterocycles. The van der Waals surface area contributed by atoms with Gasteiger partial charge in [-0.1, -0.05) is 43.2 Å². The minimum absolute atomic E-state index is 0.0264. The summed E-state index contributed by atoms with van der Waals surface area (Å²) in [6.45, 7) is 10.0. The molecule has 4 rings (SSSR count). The third-order valence-electron chi connectivity index (χ3n) is 7.56. The highest BCUT2D eigenvalue weighted by Gasteiger charge is 2.34. The van der Waals surface area contributed by atoms with Crippen LogP contribution in [0.25, 0.3) is 0 Å². The van der Waals surface area contributed by atoms with Crippen LogP contribution in [0.3, 0.4) is 0 Å². The van der Waals surface area contributed by atoms with Crippen molar-refractivity contribution in [2.24, 2.45) is 4.99 Å². The number of aliphatic imine (C=N–C) groups is 1. The first-order chi connectivity index (χ1) is 15.7. The maximum Gasteiger partial charge on any atom is 0.191 e. The zero-order chi connectivity index (χ0) is 22.2. The second-order valence-electron chi connectivity index (χ2n) is 9.93. The molecule has 0 radical (unpaired) electrons. The quantitative estimate of drug-likeness (QED) is 0.426. The minimum Gasteiger partial charge on any atom is -0.381 e. The van der Waals surface area contributed by atoms with Gasteiger partial charge in [-0.05, 0) is 51.5 Å². The molecule has 6 heteroatoms. The zero-order valence-electron chi connectivity index (χ0n) is 20.1. The molecule has 2 atom stereocenters. The van der Waals surface area contributed by atoms with Crippen molar-refractivity contribution in [2.45, 2.75) is 82.5 Å². The molecule has 1 aromatic rings. The van der Waals surface area contributed by atoms with Gasteiger partial charge in [-0.15, -0.1) is 0 Å². The van der Waals surface area contributed by atoms with E-state index in [1.54, 1.807) is 0 Å². The summed E-state index contributed by atoms with van der Waals surface area (Å²) in [5, 5.41) is 11.2. The number of benzene rings is 1. The molecule has 1 aliphatic carbocycles. The molecule has 3 N–H and O–H groups in total. The molecule has 6 nitrogen and oxygen atoms in total. The van der Waals surface area contributed by atoms with Crippen LogP contribution in [0.2, 0.25) is 0 Å². The molecule has 3 aliphatic rings. The first kappa shape index (κ1) is 23.5. The highest BCUT2D eigenvalue weighted by molar-refractivity contribution is 5.80. The van der Waals surface area contributed by atoms with Crippen molar-refractivity contribution in [3.63, 3.8) is 0 Å². The molecule has 2 unspecified atom stereocenters. The van der Waals surface area contributed by atoms with E-state index in [0.29, 0.717) is 6.04 Å². The molecule has 32 heavy (non-hydrogen) atoms. The van der Waals surface area contributed by atoms with E-state index in [1.165, 1.54) is 44.2 Å². The molecule has 178 valence electrons. The van der Waals surface area contributed by atoms with Crippen LogP contribution in [0.15, 0.2) is 35.3 Å². The average Bonchev–Trinajstić information content (AvgIpc) is 3.51. The summed E-state index contributed by atoms with van der Waals surface area (Å²) in [6, 6.07) is 12.3. The van der Waals surface area contributed by atoms with Crippen LogP contribution in [-0.2, 0) is 4.74 Å². The lowest BCUT2D eigenvalue weighted by atomic mass is 9.88. The molecule has 0 bridgehead atoms. The topological polar surface area (TPSA) is 60.9 Å². The van der Waals surface area contributed by atoms with Crippen molar-refractivity contribution in [3.8, 4) is 0 Å². The fourth-order valence-electron chi connectivity index (χ4n) is 5.64. The van der Waals surface area contributed by atoms with Crippen molar-refractivity contribution >= 4 is 5.96 Å². The van der Waals surface area contributed by atoms with E-state index in [2.05, 4.69) is 65.0 Å². The lowest BCUT2D eigenvalue weighted by Gasteiger charge is -2.39. The second kappa shape index (κ2) is 11.5. The van der Waals surface area contributed by atoms with Gasteiger partial charge in [-0.3, -0.25) is 9.89 Å². The van der Waals surface area contributed by atoms with Crippen LogP contribution in [0, 0.1) is 0 Å². The van der Waals surface area contributed by atoms with Crippen LogP contribution >= 0.6 is 0 Å². The van der Waals surface area contributed by atoms with Gasteiger partial charge in [0.15, 0.2) is 5.96 Å². The molecule has 0 amide bonds. The number of likely N-dealkylation sites (tertiary alicyclic amines) is 1. The molecule has 2 aliphatic heterocycles. The molecule has 2 heterocycles. The summed E-state index contributed by atoms with van der Waals surface area (Å²) in [4.78, 5) is 7.81. The van der Waals surface area contributed by atoms with Crippen molar-refractivity contribution in [3.05, 3.63) is 35.9 Å². The number of hydrogen-bond donors (Lipinski definition) is 3. The van der Waals surface area contributed by atoms with Crippen LogP contribution in [0.4, 0.5) is 0 Å². The Hall–Kier alpha value is -1.63. The van der Waals surface area contributed by atoms with Gasteiger partial charge in [0, 0.05) is 56.5 Å². The summed E-state index contributed by atoms with van der Waals surface area (Å²) >= 11 is 0. The molecule has 3 fully saturated rings. The van der Waals surface area contributed by atoms with E-state index < -0.39 is 0 Å². The largest absolute Gasteiger partial charge is 0.381 e. The summed E-state index contributed by atoms with van der Waals surface area (Å²) in [5.74, 6) is 0.964. The third-order valence-corrected chi connectivity index (χ3v) is 7.56. The molecular formula is C26H43N5O. The lowest BCUT2D eigenvalue weighted by molar-refractivity contribution is 0.0374. The van der Waals surface area contributed by atoms with E-state index in [-0.39, 0.29) is 11.6 Å². The third kappa shape index (κ3) is 6.24. The van der Waals surface area contributed by atoms with Gasteiger partial charge in [-0.25, -0.2) is 0 Å². The fourth-order valence-corrected chi connectivity index (χ4v) is 5.64. The SMILES string of the molecule is CCNC(=NCC1(NC(C)c2ccccc2)CCOCC1)NC1CCN(C2CCCC2)C1. The van der Waals surface area contributed by atoms with Crippen LogP contribution in [0.5, 0.6) is 0 Å². The molecule has 1 aromatic carbocycles. The first-order valence-electron chi connectivity index (χ1n) is 12.9. The summed E-state index contributed by atoms with van der Waals surface area (Å²) in [5.41, 5.74) is 1.30. The Morgan fingerprint density at radius 3 is 2.62 bits per heavy atom. The van der Waals surface area contributed by atoms with Crippen LogP contribution in [0.1, 0.15) is 70.4 Å². The highest BCUT2D eigenvalue weighted by atomic mass is 16.5. The van der Waals surface area contributed by atoms with Gasteiger partial charge in [0.2, 0.25) is 0 Å². The number of nitrogens with zero attached hydrogens (tertiary/aromatic N) is 2. The van der Waals surface area contributed by atoms with Gasteiger partial charge < -0.3 is 20.7 Å². The predicted octanol–water partition coefficient (Wildman–Crippen LogP) is 3.46. The Labute approximate surface area is 194 Å². The van der Waals surface area contributed by atoms with Crippen LogP contribution < -0.4 is 16.0 Å². The van der Waals surface area contributed by atoms with E-state index in [9.17, 15) is 0 Å². The molecular weight excluding hydrogens is 398 g/mol. The van der Waals surface area contributed by atoms with Crippen molar-refractivity contribution in [1.82, 2.24) is 20.9 Å².